The monoisotopic (exact) mass is 573 g/mol. The van der Waals surface area contributed by atoms with Crippen LogP contribution < -0.4 is 15.9 Å². The van der Waals surface area contributed by atoms with E-state index in [0.717, 1.165) is 66.9 Å². The highest BCUT2D eigenvalue weighted by atomic mass is 31.2. The van der Waals surface area contributed by atoms with Gasteiger partial charge in [0.25, 0.3) is 0 Å². The summed E-state index contributed by atoms with van der Waals surface area (Å²) in [5.74, 6) is 1.11. The lowest BCUT2D eigenvalue weighted by Crippen LogP contribution is -2.24. The number of allylic oxidation sites excluding steroid dienone is 4. The Kier molecular flexibility index (Phi) is 6.17. The first-order chi connectivity index (χ1) is 21.2. The highest BCUT2D eigenvalue weighted by Crippen LogP contribution is 2.42. The molecule has 0 N–H and O–H groups in total. The van der Waals surface area contributed by atoms with Crippen LogP contribution in [0.4, 0.5) is 0 Å². The van der Waals surface area contributed by atoms with E-state index in [1.54, 1.807) is 0 Å². The van der Waals surface area contributed by atoms with Crippen LogP contribution in [-0.2, 0) is 4.57 Å². The average molecular weight is 574 g/mol. The maximum atomic E-state index is 14.7. The van der Waals surface area contributed by atoms with Crippen LogP contribution >= 0.6 is 7.14 Å². The highest BCUT2D eigenvalue weighted by Gasteiger charge is 2.29. The molecule has 43 heavy (non-hydrogen) atoms. The fraction of sp³-hybridized carbons (Fsp3) is 0.0526. The van der Waals surface area contributed by atoms with Gasteiger partial charge in [0.1, 0.15) is 11.5 Å². The molecule has 1 aliphatic rings. The van der Waals surface area contributed by atoms with Gasteiger partial charge in [-0.25, -0.2) is 9.97 Å². The van der Waals surface area contributed by atoms with E-state index in [1.807, 2.05) is 91.0 Å². The van der Waals surface area contributed by atoms with E-state index in [9.17, 15) is 4.57 Å². The summed E-state index contributed by atoms with van der Waals surface area (Å²) in [6, 6.07) is 44.4. The maximum absolute atomic E-state index is 14.7. The van der Waals surface area contributed by atoms with Crippen LogP contribution in [0, 0.1) is 0 Å². The third-order valence-electron chi connectivity index (χ3n) is 8.41. The van der Waals surface area contributed by atoms with E-state index in [1.165, 1.54) is 0 Å². The van der Waals surface area contributed by atoms with Crippen molar-refractivity contribution in [3.63, 3.8) is 0 Å². The molecule has 0 aliphatic heterocycles. The summed E-state index contributed by atoms with van der Waals surface area (Å²) >= 11 is 0. The van der Waals surface area contributed by atoms with Gasteiger partial charge in [-0.15, -0.1) is 0 Å². The van der Waals surface area contributed by atoms with Crippen molar-refractivity contribution in [3.8, 4) is 0 Å². The van der Waals surface area contributed by atoms with Gasteiger partial charge in [0.2, 0.25) is 0 Å². The molecule has 0 amide bonds. The molecule has 0 spiro atoms. The summed E-state index contributed by atoms with van der Waals surface area (Å²) in [6.45, 7) is 0. The van der Waals surface area contributed by atoms with Gasteiger partial charge in [-0.2, -0.15) is 0 Å². The summed E-state index contributed by atoms with van der Waals surface area (Å²) in [6.07, 6.45) is 7.56. The first kappa shape index (κ1) is 25.6. The highest BCUT2D eigenvalue weighted by molar-refractivity contribution is 7.85. The molecule has 0 fully saturated rings. The van der Waals surface area contributed by atoms with Crippen molar-refractivity contribution in [2.45, 2.75) is 12.3 Å². The van der Waals surface area contributed by atoms with Gasteiger partial charge in [-0.05, 0) is 41.8 Å². The summed E-state index contributed by atoms with van der Waals surface area (Å²) in [7, 11) is -3.00. The molecule has 0 saturated heterocycles. The van der Waals surface area contributed by atoms with E-state index in [0.29, 0.717) is 0 Å². The van der Waals surface area contributed by atoms with Crippen molar-refractivity contribution >= 4 is 56.2 Å². The number of nitrogens with zero attached hydrogens (tertiary/aromatic N) is 3. The van der Waals surface area contributed by atoms with Gasteiger partial charge in [0.05, 0.1) is 16.6 Å². The lowest BCUT2D eigenvalue weighted by molar-refractivity contribution is 0.592. The molecule has 0 saturated carbocycles. The number of hydrogen-bond acceptors (Lipinski definition) is 3. The molecule has 2 heterocycles. The summed E-state index contributed by atoms with van der Waals surface area (Å²) in [4.78, 5) is 10.1. The zero-order valence-electron chi connectivity index (χ0n) is 23.4. The Labute approximate surface area is 250 Å². The average Bonchev–Trinajstić information content (AvgIpc) is 3.49. The van der Waals surface area contributed by atoms with Gasteiger partial charge in [-0.1, -0.05) is 127 Å². The van der Waals surface area contributed by atoms with E-state index in [2.05, 4.69) is 65.1 Å². The van der Waals surface area contributed by atoms with Crippen LogP contribution in [0.25, 0.3) is 33.2 Å². The Hall–Kier alpha value is -5.05. The Balaban J connectivity index is 1.14. The van der Waals surface area contributed by atoms with Crippen LogP contribution in [-0.4, -0.2) is 14.4 Å². The van der Waals surface area contributed by atoms with E-state index >= 15 is 0 Å². The summed E-state index contributed by atoms with van der Waals surface area (Å²) < 4.78 is 17.0. The minimum Gasteiger partial charge on any atom is -0.309 e. The first-order valence-electron chi connectivity index (χ1n) is 14.6. The zero-order chi connectivity index (χ0) is 28.8. The topological polar surface area (TPSA) is 47.3 Å². The molecular formula is C38H28N3OP. The van der Waals surface area contributed by atoms with Gasteiger partial charge in [0.15, 0.2) is 7.14 Å². The van der Waals surface area contributed by atoms with Crippen LogP contribution in [0.1, 0.15) is 23.7 Å². The first-order valence-corrected chi connectivity index (χ1v) is 16.3. The van der Waals surface area contributed by atoms with Crippen LogP contribution in [0.2, 0.25) is 0 Å². The SMILES string of the molecule is O=P(c1ccccc1)(c1ccccc1)c1ccc(C2=CCC(c3nc4ccccc4c4nc5ccccc5n34)C=C2)cc1. The Morgan fingerprint density at radius 3 is 1.91 bits per heavy atom. The molecular weight excluding hydrogens is 545 g/mol. The smallest absolute Gasteiger partial charge is 0.171 e. The van der Waals surface area contributed by atoms with Crippen LogP contribution in [0.5, 0.6) is 0 Å². The lowest BCUT2D eigenvalue weighted by Gasteiger charge is -2.21. The minimum absolute atomic E-state index is 0.115. The lowest BCUT2D eigenvalue weighted by atomic mass is 9.92. The quantitative estimate of drug-likeness (QED) is 0.198. The number of imidazole rings is 1. The van der Waals surface area contributed by atoms with Crippen molar-refractivity contribution in [1.82, 2.24) is 14.4 Å². The van der Waals surface area contributed by atoms with Gasteiger partial charge < -0.3 is 4.57 Å². The van der Waals surface area contributed by atoms with Crippen molar-refractivity contribution in [2.75, 3.05) is 0 Å². The number of aromatic nitrogens is 3. The minimum atomic E-state index is -3.00. The predicted molar refractivity (Wildman–Crippen MR) is 178 cm³/mol. The van der Waals surface area contributed by atoms with E-state index in [-0.39, 0.29) is 5.92 Å². The van der Waals surface area contributed by atoms with Crippen molar-refractivity contribution in [1.29, 1.82) is 0 Å². The number of para-hydroxylation sites is 3. The Morgan fingerprint density at radius 2 is 1.23 bits per heavy atom. The largest absolute Gasteiger partial charge is 0.309 e. The zero-order valence-corrected chi connectivity index (χ0v) is 24.3. The van der Waals surface area contributed by atoms with Gasteiger partial charge >= 0.3 is 0 Å². The third-order valence-corrected chi connectivity index (χ3v) is 11.5. The van der Waals surface area contributed by atoms with Crippen LogP contribution in [0.15, 0.2) is 152 Å². The summed E-state index contributed by atoms with van der Waals surface area (Å²) in [5, 5.41) is 3.58. The molecule has 0 bridgehead atoms. The van der Waals surface area contributed by atoms with Crippen molar-refractivity contribution < 1.29 is 4.57 Å². The number of benzene rings is 5. The molecule has 206 valence electrons. The molecule has 2 aromatic heterocycles. The number of rotatable bonds is 5. The molecule has 1 atom stereocenters. The molecule has 8 rings (SSSR count). The maximum Gasteiger partial charge on any atom is 0.171 e. The molecule has 1 aliphatic carbocycles. The normalized spacial score (nSPS) is 15.3. The fourth-order valence-corrected chi connectivity index (χ4v) is 8.88. The van der Waals surface area contributed by atoms with E-state index < -0.39 is 7.14 Å². The second-order valence-corrected chi connectivity index (χ2v) is 13.7. The molecule has 4 nitrogen and oxygen atoms in total. The predicted octanol–water partition coefficient (Wildman–Crippen LogP) is 7.80. The number of hydrogen-bond donors (Lipinski definition) is 0. The molecule has 1 unspecified atom stereocenters. The van der Waals surface area contributed by atoms with Crippen molar-refractivity contribution in [2.24, 2.45) is 0 Å². The fourth-order valence-electron chi connectivity index (χ4n) is 6.23. The Morgan fingerprint density at radius 1 is 0.628 bits per heavy atom. The number of fused-ring (bicyclic) bond motifs is 5. The second-order valence-electron chi connectivity index (χ2n) is 10.9. The van der Waals surface area contributed by atoms with Gasteiger partial charge in [0, 0.05) is 27.2 Å². The van der Waals surface area contributed by atoms with Gasteiger partial charge in [-0.3, -0.25) is 4.40 Å². The molecule has 7 aromatic rings. The van der Waals surface area contributed by atoms with Crippen molar-refractivity contribution in [3.05, 3.63) is 163 Å². The second kappa shape index (κ2) is 10.3. The van der Waals surface area contributed by atoms with E-state index in [4.69, 9.17) is 9.97 Å². The van der Waals surface area contributed by atoms with Crippen LogP contribution in [0.3, 0.4) is 0 Å². The standard InChI is InChI=1S/C38H28N3OP/c42-43(30-11-3-1-4-12-30,31-13-5-2-6-14-31)32-25-23-28(24-26-32)27-19-21-29(22-20-27)37-39-34-16-8-7-15-33(34)38-40-35-17-9-10-18-36(35)41(37)38/h1-21,23-26,29H,22H2. The third kappa shape index (κ3) is 4.26. The molecule has 5 heteroatoms. The molecule has 0 radical (unpaired) electrons. The molecule has 5 aromatic carbocycles. The summed E-state index contributed by atoms with van der Waals surface area (Å²) in [5.41, 5.74) is 6.22. The Bertz CT molecular complexity index is 2190.